The molecule has 0 radical (unpaired) electrons. The van der Waals surface area contributed by atoms with Gasteiger partial charge in [-0.05, 0) is 0 Å². The Balaban J connectivity index is 3.01. The third-order valence-corrected chi connectivity index (χ3v) is 1.69. The van der Waals surface area contributed by atoms with Crippen LogP contribution in [0.15, 0.2) is 0 Å². The minimum absolute atomic E-state index is 0.848. The first-order valence-corrected chi connectivity index (χ1v) is 3.26. The molecule has 0 aliphatic carbocycles. The van der Waals surface area contributed by atoms with Crippen LogP contribution in [0.5, 0.6) is 0 Å². The normalized spacial score (nSPS) is 32.7. The highest BCUT2D eigenvalue weighted by Crippen LogP contribution is 2.27. The van der Waals surface area contributed by atoms with E-state index in [-0.39, 0.29) is 0 Å². The van der Waals surface area contributed by atoms with Gasteiger partial charge < -0.3 is 20.1 Å². The predicted molar refractivity (Wildman–Crippen MR) is 34.7 cm³/mol. The first kappa shape index (κ1) is 9.46. The molecule has 7 heteroatoms. The van der Waals surface area contributed by atoms with E-state index in [1.54, 1.807) is 0 Å². The van der Waals surface area contributed by atoms with Crippen LogP contribution >= 0.6 is 0 Å². The molecular formula is C6H6O7. The molecular weight excluding hydrogens is 184 g/mol. The Bertz CT molecular complexity index is 283. The van der Waals surface area contributed by atoms with E-state index < -0.39 is 36.0 Å². The maximum atomic E-state index is 10.6. The number of hydrogen-bond acceptors (Lipinski definition) is 5. The molecule has 1 saturated heterocycles. The van der Waals surface area contributed by atoms with Crippen molar-refractivity contribution in [2.75, 3.05) is 0 Å². The predicted octanol–water partition coefficient (Wildman–Crippen LogP) is -1.80. The van der Waals surface area contributed by atoms with Crippen molar-refractivity contribution in [2.24, 2.45) is 0 Å². The summed E-state index contributed by atoms with van der Waals surface area (Å²) in [4.78, 5) is 31.4. The fourth-order valence-electron chi connectivity index (χ4n) is 1.03. The van der Waals surface area contributed by atoms with Crippen molar-refractivity contribution in [3.05, 3.63) is 0 Å². The summed E-state index contributed by atoms with van der Waals surface area (Å²) in [5, 5.41) is 26.1. The highest BCUT2D eigenvalue weighted by molar-refractivity contribution is 5.95. The first-order valence-electron chi connectivity index (χ1n) is 3.26. The Labute approximate surface area is 71.5 Å². The monoisotopic (exact) mass is 190 g/mol. The fraction of sp³-hybridized carbons (Fsp3) is 0.500. The summed E-state index contributed by atoms with van der Waals surface area (Å²) in [6, 6.07) is 0. The molecule has 1 aliphatic heterocycles. The van der Waals surface area contributed by atoms with Crippen molar-refractivity contribution >= 4 is 17.9 Å². The lowest BCUT2D eigenvalue weighted by molar-refractivity contribution is -0.176. The van der Waals surface area contributed by atoms with Crippen LogP contribution in [0.4, 0.5) is 0 Å². The molecule has 0 aromatic carbocycles. The Hall–Kier alpha value is -1.63. The van der Waals surface area contributed by atoms with Gasteiger partial charge in [-0.3, -0.25) is 4.79 Å². The number of rotatable bonds is 2. The molecule has 0 amide bonds. The van der Waals surface area contributed by atoms with E-state index >= 15 is 0 Å². The molecule has 3 N–H and O–H groups in total. The minimum Gasteiger partial charge on any atom is -0.479 e. The minimum atomic E-state index is -2.65. The lowest BCUT2D eigenvalue weighted by Gasteiger charge is -2.18. The third kappa shape index (κ3) is 1.33. The van der Waals surface area contributed by atoms with Gasteiger partial charge in [0.1, 0.15) is 0 Å². The molecule has 1 fully saturated rings. The summed E-state index contributed by atoms with van der Waals surface area (Å²) >= 11 is 0. The van der Waals surface area contributed by atoms with E-state index in [0.29, 0.717) is 0 Å². The Morgan fingerprint density at radius 2 is 2.00 bits per heavy atom. The number of carbonyl (C=O) groups is 3. The maximum Gasteiger partial charge on any atom is 0.348 e. The number of esters is 1. The van der Waals surface area contributed by atoms with Gasteiger partial charge in [-0.1, -0.05) is 0 Å². The van der Waals surface area contributed by atoms with Crippen molar-refractivity contribution in [3.63, 3.8) is 0 Å². The highest BCUT2D eigenvalue weighted by Gasteiger charge is 2.58. The average Bonchev–Trinajstić information content (AvgIpc) is 2.27. The summed E-state index contributed by atoms with van der Waals surface area (Å²) in [7, 11) is 0. The van der Waals surface area contributed by atoms with E-state index in [9.17, 15) is 19.5 Å². The van der Waals surface area contributed by atoms with Crippen LogP contribution < -0.4 is 0 Å². The van der Waals surface area contributed by atoms with E-state index in [4.69, 9.17) is 10.2 Å². The molecule has 0 spiro atoms. The Morgan fingerprint density at radius 1 is 1.46 bits per heavy atom. The summed E-state index contributed by atoms with van der Waals surface area (Å²) in [5.41, 5.74) is -2.65. The third-order valence-electron chi connectivity index (χ3n) is 1.69. The Morgan fingerprint density at radius 3 is 2.31 bits per heavy atom. The molecule has 1 heterocycles. The smallest absolute Gasteiger partial charge is 0.348 e. The topological polar surface area (TPSA) is 121 Å². The summed E-state index contributed by atoms with van der Waals surface area (Å²) < 4.78 is 4.13. The van der Waals surface area contributed by atoms with Crippen molar-refractivity contribution in [2.45, 2.75) is 18.1 Å². The number of carboxylic acid groups (broad SMARTS) is 2. The van der Waals surface area contributed by atoms with Crippen LogP contribution in [0.3, 0.4) is 0 Å². The number of cyclic esters (lactones) is 1. The summed E-state index contributed by atoms with van der Waals surface area (Å²) in [6.45, 7) is 0. The van der Waals surface area contributed by atoms with Crippen LogP contribution in [0.2, 0.25) is 0 Å². The molecule has 0 bridgehead atoms. The maximum absolute atomic E-state index is 10.6. The molecule has 13 heavy (non-hydrogen) atoms. The van der Waals surface area contributed by atoms with Crippen LogP contribution in [-0.2, 0) is 19.1 Å². The van der Waals surface area contributed by atoms with E-state index in [2.05, 4.69) is 4.74 Å². The highest BCUT2D eigenvalue weighted by atomic mass is 16.6. The second-order valence-electron chi connectivity index (χ2n) is 2.61. The van der Waals surface area contributed by atoms with Gasteiger partial charge in [0, 0.05) is 0 Å². The zero-order valence-electron chi connectivity index (χ0n) is 6.26. The molecule has 1 aliphatic rings. The second-order valence-corrected chi connectivity index (χ2v) is 2.61. The van der Waals surface area contributed by atoms with Gasteiger partial charge >= 0.3 is 17.9 Å². The molecule has 0 aromatic heterocycles. The number of carboxylic acids is 2. The number of carbonyl (C=O) groups excluding carboxylic acids is 1. The van der Waals surface area contributed by atoms with Gasteiger partial charge in [0.15, 0.2) is 0 Å². The second kappa shape index (κ2) is 2.70. The molecule has 2 atom stereocenters. The average molecular weight is 190 g/mol. The number of aliphatic hydroxyl groups is 1. The van der Waals surface area contributed by atoms with Gasteiger partial charge in [0.2, 0.25) is 11.7 Å². The number of aliphatic carboxylic acids is 2. The van der Waals surface area contributed by atoms with E-state index in [1.807, 2.05) is 0 Å². The van der Waals surface area contributed by atoms with Gasteiger partial charge in [0.25, 0.3) is 0 Å². The zero-order valence-corrected chi connectivity index (χ0v) is 6.26. The summed E-state index contributed by atoms with van der Waals surface area (Å²) in [5.74, 6) is -4.51. The van der Waals surface area contributed by atoms with E-state index in [0.717, 1.165) is 0 Å². The lowest BCUT2D eigenvalue weighted by Crippen LogP contribution is -2.49. The van der Waals surface area contributed by atoms with E-state index in [1.165, 1.54) is 0 Å². The van der Waals surface area contributed by atoms with Crippen molar-refractivity contribution in [1.29, 1.82) is 0 Å². The SMILES string of the molecule is O=C1CC(O)(C(=O)O)[C@@H](C(=O)O)O1. The van der Waals surface area contributed by atoms with Crippen molar-refractivity contribution < 1.29 is 34.4 Å². The van der Waals surface area contributed by atoms with Crippen LogP contribution in [-0.4, -0.2) is 44.9 Å². The van der Waals surface area contributed by atoms with Gasteiger partial charge in [-0.25, -0.2) is 9.59 Å². The van der Waals surface area contributed by atoms with Crippen LogP contribution in [0, 0.1) is 0 Å². The molecule has 1 unspecified atom stereocenters. The standard InChI is InChI=1S/C6H6O7/c7-2-1-6(12,5(10)11)3(13-2)4(8)9/h3,12H,1H2,(H,8,9)(H,10,11)/t3-,6?/m1/s1. The fourth-order valence-corrected chi connectivity index (χ4v) is 1.03. The molecule has 72 valence electrons. The van der Waals surface area contributed by atoms with Gasteiger partial charge in [-0.2, -0.15) is 0 Å². The number of ether oxygens (including phenoxy) is 1. The molecule has 0 aromatic rings. The molecule has 1 rings (SSSR count). The lowest BCUT2D eigenvalue weighted by atomic mass is 9.96. The van der Waals surface area contributed by atoms with Crippen molar-refractivity contribution in [1.82, 2.24) is 0 Å². The van der Waals surface area contributed by atoms with Gasteiger partial charge in [0.05, 0.1) is 6.42 Å². The first-order chi connectivity index (χ1) is 5.88. The van der Waals surface area contributed by atoms with Crippen LogP contribution in [0.25, 0.3) is 0 Å². The molecule has 0 saturated carbocycles. The van der Waals surface area contributed by atoms with Crippen LogP contribution in [0.1, 0.15) is 6.42 Å². The number of hydrogen-bond donors (Lipinski definition) is 3. The quantitative estimate of drug-likeness (QED) is 0.439. The summed E-state index contributed by atoms with van der Waals surface area (Å²) in [6.07, 6.45) is -2.88. The molecule has 7 nitrogen and oxygen atoms in total. The van der Waals surface area contributed by atoms with Gasteiger partial charge in [-0.15, -0.1) is 0 Å². The largest absolute Gasteiger partial charge is 0.479 e. The van der Waals surface area contributed by atoms with Crippen molar-refractivity contribution in [3.8, 4) is 0 Å². The Kier molecular flexibility index (Phi) is 1.96. The zero-order chi connectivity index (χ0) is 10.2.